The molecule has 0 radical (unpaired) electrons. The molecule has 0 unspecified atom stereocenters. The average Bonchev–Trinajstić information content (AvgIpc) is 2.86. The Morgan fingerprint density at radius 3 is 2.35 bits per heavy atom. The second-order valence-electron chi connectivity index (χ2n) is 4.91. The molecule has 2 N–H and O–H groups in total. The maximum atomic E-state index is 6.07. The molecule has 0 bridgehead atoms. The van der Waals surface area contributed by atoms with Crippen molar-refractivity contribution in [2.45, 2.75) is 0 Å². The summed E-state index contributed by atoms with van der Waals surface area (Å²) in [6.07, 6.45) is 0. The van der Waals surface area contributed by atoms with Gasteiger partial charge in [0.15, 0.2) is 0 Å². The number of nitrogens with two attached hydrogens (primary N) is 1. The molecule has 0 saturated carbocycles. The molecule has 0 aliphatic carbocycles. The van der Waals surface area contributed by atoms with Gasteiger partial charge in [-0.05, 0) is 23.8 Å². The third-order valence-corrected chi connectivity index (χ3v) is 3.59. The molecule has 4 rings (SSSR count). The van der Waals surface area contributed by atoms with E-state index < -0.39 is 0 Å². The van der Waals surface area contributed by atoms with E-state index in [-0.39, 0.29) is 0 Å². The van der Waals surface area contributed by atoms with Crippen LogP contribution in [0.3, 0.4) is 0 Å². The third-order valence-electron chi connectivity index (χ3n) is 3.59. The summed E-state index contributed by atoms with van der Waals surface area (Å²) >= 11 is 0. The number of hydrogen-bond acceptors (Lipinski definition) is 2. The van der Waals surface area contributed by atoms with E-state index in [2.05, 4.69) is 18.2 Å². The van der Waals surface area contributed by atoms with Gasteiger partial charge in [-0.3, -0.25) is 0 Å². The summed E-state index contributed by atoms with van der Waals surface area (Å²) in [6, 6.07) is 22.2. The van der Waals surface area contributed by atoms with Gasteiger partial charge in [0.1, 0.15) is 11.2 Å². The normalized spacial score (nSPS) is 11.2. The standard InChI is InChI=1S/C18H13NO/c19-13-10-15(12-6-2-1-3-7-12)18-16(11-13)14-8-4-5-9-17(14)20-18/h1-11H,19H2. The van der Waals surface area contributed by atoms with E-state index >= 15 is 0 Å². The van der Waals surface area contributed by atoms with Crippen molar-refractivity contribution < 1.29 is 4.42 Å². The highest BCUT2D eigenvalue weighted by atomic mass is 16.3. The number of benzene rings is 3. The number of rotatable bonds is 1. The Morgan fingerprint density at radius 2 is 1.50 bits per heavy atom. The summed E-state index contributed by atoms with van der Waals surface area (Å²) in [5, 5.41) is 2.17. The summed E-state index contributed by atoms with van der Waals surface area (Å²) in [6.45, 7) is 0. The minimum Gasteiger partial charge on any atom is -0.455 e. The van der Waals surface area contributed by atoms with Gasteiger partial charge in [-0.1, -0.05) is 48.5 Å². The van der Waals surface area contributed by atoms with Crippen molar-refractivity contribution in [2.75, 3.05) is 5.73 Å². The smallest absolute Gasteiger partial charge is 0.143 e. The van der Waals surface area contributed by atoms with E-state index in [1.807, 2.05) is 48.5 Å². The first kappa shape index (κ1) is 11.1. The molecule has 96 valence electrons. The molecule has 0 spiro atoms. The van der Waals surface area contributed by atoms with Crippen LogP contribution in [0, 0.1) is 0 Å². The van der Waals surface area contributed by atoms with Crippen LogP contribution in [-0.4, -0.2) is 0 Å². The molecule has 0 atom stereocenters. The Labute approximate surface area is 116 Å². The largest absolute Gasteiger partial charge is 0.455 e. The van der Waals surface area contributed by atoms with Crippen molar-refractivity contribution in [1.82, 2.24) is 0 Å². The van der Waals surface area contributed by atoms with E-state index in [0.717, 1.165) is 38.8 Å². The van der Waals surface area contributed by atoms with Crippen molar-refractivity contribution >= 4 is 27.6 Å². The molecule has 2 heteroatoms. The lowest BCUT2D eigenvalue weighted by atomic mass is 10.0. The van der Waals surface area contributed by atoms with Gasteiger partial charge in [0, 0.05) is 22.0 Å². The lowest BCUT2D eigenvalue weighted by Gasteiger charge is -2.04. The highest BCUT2D eigenvalue weighted by Gasteiger charge is 2.12. The van der Waals surface area contributed by atoms with Crippen molar-refractivity contribution in [3.8, 4) is 11.1 Å². The molecule has 0 aliphatic heterocycles. The summed E-state index contributed by atoms with van der Waals surface area (Å²) in [7, 11) is 0. The molecule has 1 heterocycles. The molecule has 0 fully saturated rings. The second-order valence-corrected chi connectivity index (χ2v) is 4.91. The Kier molecular flexibility index (Phi) is 2.30. The fraction of sp³-hybridized carbons (Fsp3) is 0. The zero-order valence-electron chi connectivity index (χ0n) is 10.8. The molecule has 0 amide bonds. The summed E-state index contributed by atoms with van der Waals surface area (Å²) in [5.74, 6) is 0. The highest BCUT2D eigenvalue weighted by molar-refractivity contribution is 6.10. The van der Waals surface area contributed by atoms with E-state index in [1.54, 1.807) is 0 Å². The molecule has 3 aromatic carbocycles. The number of nitrogen functional groups attached to an aromatic ring is 1. The minimum atomic E-state index is 0.753. The van der Waals surface area contributed by atoms with Crippen LogP contribution < -0.4 is 5.73 Å². The third kappa shape index (κ3) is 1.58. The fourth-order valence-corrected chi connectivity index (χ4v) is 2.68. The van der Waals surface area contributed by atoms with Crippen LogP contribution in [0.5, 0.6) is 0 Å². The zero-order chi connectivity index (χ0) is 13.5. The minimum absolute atomic E-state index is 0.753. The quantitative estimate of drug-likeness (QED) is 0.497. The Bertz CT molecular complexity index is 907. The second kappa shape index (κ2) is 4.14. The first-order valence-corrected chi connectivity index (χ1v) is 6.59. The number of hydrogen-bond donors (Lipinski definition) is 1. The number of para-hydroxylation sites is 1. The number of anilines is 1. The highest BCUT2D eigenvalue weighted by Crippen LogP contribution is 2.37. The van der Waals surface area contributed by atoms with Crippen LogP contribution in [0.15, 0.2) is 71.1 Å². The molecule has 4 aromatic rings. The summed E-state index contributed by atoms with van der Waals surface area (Å²) in [5.41, 5.74) is 10.8. The van der Waals surface area contributed by atoms with Crippen LogP contribution in [0.1, 0.15) is 0 Å². The van der Waals surface area contributed by atoms with Gasteiger partial charge in [-0.25, -0.2) is 0 Å². The van der Waals surface area contributed by atoms with E-state index in [0.29, 0.717) is 0 Å². The van der Waals surface area contributed by atoms with Gasteiger partial charge in [0.25, 0.3) is 0 Å². The maximum Gasteiger partial charge on any atom is 0.143 e. The Hall–Kier alpha value is -2.74. The fourth-order valence-electron chi connectivity index (χ4n) is 2.68. The van der Waals surface area contributed by atoms with E-state index in [9.17, 15) is 0 Å². The van der Waals surface area contributed by atoms with Crippen LogP contribution in [0.2, 0.25) is 0 Å². The molecule has 1 aromatic heterocycles. The molecule has 0 aliphatic rings. The van der Waals surface area contributed by atoms with Gasteiger partial charge in [-0.15, -0.1) is 0 Å². The van der Waals surface area contributed by atoms with Gasteiger partial charge < -0.3 is 10.2 Å². The van der Waals surface area contributed by atoms with Crippen LogP contribution in [0.4, 0.5) is 5.69 Å². The SMILES string of the molecule is Nc1cc(-c2ccccc2)c2oc3ccccc3c2c1. The lowest BCUT2D eigenvalue weighted by molar-refractivity contribution is 0.670. The summed E-state index contributed by atoms with van der Waals surface area (Å²) in [4.78, 5) is 0. The number of fused-ring (bicyclic) bond motifs is 3. The first-order valence-electron chi connectivity index (χ1n) is 6.59. The Morgan fingerprint density at radius 1 is 0.750 bits per heavy atom. The van der Waals surface area contributed by atoms with Gasteiger partial charge in [0.2, 0.25) is 0 Å². The molecule has 20 heavy (non-hydrogen) atoms. The monoisotopic (exact) mass is 259 g/mol. The van der Waals surface area contributed by atoms with Gasteiger partial charge in [0.05, 0.1) is 0 Å². The first-order chi connectivity index (χ1) is 9.83. The predicted molar refractivity (Wildman–Crippen MR) is 83.6 cm³/mol. The van der Waals surface area contributed by atoms with Crippen LogP contribution in [0.25, 0.3) is 33.1 Å². The summed E-state index contributed by atoms with van der Waals surface area (Å²) < 4.78 is 6.04. The zero-order valence-corrected chi connectivity index (χ0v) is 10.8. The predicted octanol–water partition coefficient (Wildman–Crippen LogP) is 4.84. The van der Waals surface area contributed by atoms with Gasteiger partial charge in [-0.2, -0.15) is 0 Å². The molecule has 2 nitrogen and oxygen atoms in total. The van der Waals surface area contributed by atoms with Crippen molar-refractivity contribution in [1.29, 1.82) is 0 Å². The van der Waals surface area contributed by atoms with Crippen molar-refractivity contribution in [3.05, 3.63) is 66.7 Å². The van der Waals surface area contributed by atoms with Gasteiger partial charge >= 0.3 is 0 Å². The average molecular weight is 259 g/mol. The number of furan rings is 1. The molecular weight excluding hydrogens is 246 g/mol. The lowest BCUT2D eigenvalue weighted by Crippen LogP contribution is -1.86. The van der Waals surface area contributed by atoms with Crippen molar-refractivity contribution in [3.63, 3.8) is 0 Å². The van der Waals surface area contributed by atoms with E-state index in [1.165, 1.54) is 0 Å². The molecular formula is C18H13NO. The van der Waals surface area contributed by atoms with Crippen LogP contribution in [-0.2, 0) is 0 Å². The topological polar surface area (TPSA) is 39.2 Å². The maximum absolute atomic E-state index is 6.07. The van der Waals surface area contributed by atoms with Crippen molar-refractivity contribution in [2.24, 2.45) is 0 Å². The Balaban J connectivity index is 2.16. The van der Waals surface area contributed by atoms with Crippen LogP contribution >= 0.6 is 0 Å². The molecule has 0 saturated heterocycles. The van der Waals surface area contributed by atoms with E-state index in [4.69, 9.17) is 10.2 Å².